The lowest BCUT2D eigenvalue weighted by molar-refractivity contribution is -0.150. The highest BCUT2D eigenvalue weighted by molar-refractivity contribution is 7.56. The number of nitrogen functional groups attached to an aromatic ring is 1. The number of carboxylic acid groups (broad SMARTS) is 2. The number of carbonyl (C=O) groups excluding carboxylic acids is 2. The number of nitrogens with two attached hydrogens (primary N) is 1. The van der Waals surface area contributed by atoms with Crippen molar-refractivity contribution in [1.82, 2.24) is 24.6 Å². The average Bonchev–Trinajstić information content (AvgIpc) is 3.34. The summed E-state index contributed by atoms with van der Waals surface area (Å²) in [5.41, 5.74) is 6.80. The predicted octanol–water partition coefficient (Wildman–Crippen LogP) is 2.53. The summed E-state index contributed by atoms with van der Waals surface area (Å²) in [5, 5.41) is 18.3. The number of aliphatic carboxylic acids is 2. The van der Waals surface area contributed by atoms with Gasteiger partial charge < -0.3 is 39.5 Å². The molecule has 0 saturated heterocycles. The van der Waals surface area contributed by atoms with Crippen molar-refractivity contribution in [1.29, 1.82) is 0 Å². The lowest BCUT2D eigenvalue weighted by Gasteiger charge is -2.25. The third-order valence-corrected chi connectivity index (χ3v) is 6.98. The molecule has 0 radical (unpaired) electrons. The fraction of sp³-hybridized carbons (Fsp3) is 0.560. The number of carbonyl (C=O) groups is 4. The maximum absolute atomic E-state index is 13.5. The molecule has 18 nitrogen and oxygen atoms in total. The summed E-state index contributed by atoms with van der Waals surface area (Å²) in [5.74, 6) is -2.87. The Kier molecular flexibility index (Phi) is 16.0. The van der Waals surface area contributed by atoms with Gasteiger partial charge in [-0.25, -0.2) is 34.4 Å². The van der Waals surface area contributed by atoms with Gasteiger partial charge in [0.1, 0.15) is 24.2 Å². The molecule has 0 fully saturated rings. The van der Waals surface area contributed by atoms with Gasteiger partial charge in [0.05, 0.1) is 31.2 Å². The van der Waals surface area contributed by atoms with Crippen LogP contribution in [0.1, 0.15) is 48.0 Å². The smallest absolute Gasteiger partial charge is 0.478 e. The fourth-order valence-corrected chi connectivity index (χ4v) is 4.55. The molecule has 0 aliphatic heterocycles. The van der Waals surface area contributed by atoms with Gasteiger partial charge in [0.15, 0.2) is 11.5 Å². The molecule has 0 bridgehead atoms. The van der Waals surface area contributed by atoms with Crippen LogP contribution >= 0.6 is 7.52 Å². The zero-order valence-electron chi connectivity index (χ0n) is 25.2. The molecule has 2 rings (SSSR count). The van der Waals surface area contributed by atoms with Gasteiger partial charge in [-0.15, -0.1) is 0 Å². The Morgan fingerprint density at radius 2 is 1.66 bits per heavy atom. The first-order valence-electron chi connectivity index (χ1n) is 13.3. The molecule has 44 heavy (non-hydrogen) atoms. The van der Waals surface area contributed by atoms with E-state index in [0.717, 1.165) is 0 Å². The highest BCUT2D eigenvalue weighted by Gasteiger charge is 2.31. The molecule has 0 aliphatic rings. The second-order valence-electron chi connectivity index (χ2n) is 9.43. The second kappa shape index (κ2) is 18.5. The molecule has 0 amide bonds. The zero-order chi connectivity index (χ0) is 33.4. The van der Waals surface area contributed by atoms with Gasteiger partial charge >= 0.3 is 24.1 Å². The van der Waals surface area contributed by atoms with E-state index in [0.29, 0.717) is 36.3 Å². The third-order valence-electron chi connectivity index (χ3n) is 5.19. The van der Waals surface area contributed by atoms with Crippen molar-refractivity contribution in [3.8, 4) is 0 Å². The third kappa shape index (κ3) is 14.4. The van der Waals surface area contributed by atoms with E-state index in [1.54, 1.807) is 38.6 Å². The van der Waals surface area contributed by atoms with Crippen LogP contribution < -0.4 is 10.8 Å². The molecule has 0 aliphatic carbocycles. The van der Waals surface area contributed by atoms with Crippen LogP contribution in [-0.4, -0.2) is 91.3 Å². The summed E-state index contributed by atoms with van der Waals surface area (Å²) in [6, 6.07) is -0.983. The van der Waals surface area contributed by atoms with Gasteiger partial charge in [-0.1, -0.05) is 6.92 Å². The molecule has 0 aromatic carbocycles. The minimum Gasteiger partial charge on any atom is -0.478 e. The largest absolute Gasteiger partial charge is 0.510 e. The number of anilines is 1. The quantitative estimate of drug-likeness (QED) is 0.0884. The monoisotopic (exact) mass is 646 g/mol. The van der Waals surface area contributed by atoms with E-state index in [4.69, 9.17) is 39.4 Å². The van der Waals surface area contributed by atoms with Crippen LogP contribution in [0.2, 0.25) is 0 Å². The van der Waals surface area contributed by atoms with Gasteiger partial charge in [0.25, 0.3) is 7.52 Å². The maximum atomic E-state index is 13.5. The lowest BCUT2D eigenvalue weighted by Crippen LogP contribution is -2.37. The first kappa shape index (κ1) is 37.9. The Hall–Kier alpha value is -4.12. The van der Waals surface area contributed by atoms with E-state index in [-0.39, 0.29) is 11.9 Å². The summed E-state index contributed by atoms with van der Waals surface area (Å²) in [4.78, 5) is 55.4. The van der Waals surface area contributed by atoms with E-state index in [1.807, 2.05) is 6.92 Å². The number of nitrogens with zero attached hydrogens (tertiary/aromatic N) is 4. The standard InChI is InChI=1S/C21H35N6O8P.C4H4O4/c1-7-14(4)35-20(28)16(6)26-36(30,33-11-31-21(29)34-13(2)3)12-32-15(5)8-27-10-25-17-18(22)23-9-24-19(17)27;5-3(6)1-2-4(7)8/h9-10,13-16H,7-8,11-12H2,1-6H3,(H,26,30)(H2,22,23,24);1-2H,(H,5,6)(H,7,8)/b;2-1+/t14?,15-,16+,36?;/m1./s1. The number of hydrogen-bond acceptors (Lipinski definition) is 14. The maximum Gasteiger partial charge on any atom is 0.510 e. The summed E-state index contributed by atoms with van der Waals surface area (Å²) >= 11 is 0. The molecular formula is C25H39N6O12P. The molecule has 2 unspecified atom stereocenters. The molecule has 2 heterocycles. The highest BCUT2D eigenvalue weighted by atomic mass is 31.2. The van der Waals surface area contributed by atoms with E-state index < -0.39 is 63.0 Å². The predicted molar refractivity (Wildman–Crippen MR) is 154 cm³/mol. The van der Waals surface area contributed by atoms with Crippen molar-refractivity contribution in [2.75, 3.05) is 18.9 Å². The number of ether oxygens (including phenoxy) is 4. The molecule has 246 valence electrons. The number of aromatic nitrogens is 4. The number of carboxylic acids is 2. The number of nitrogens with one attached hydrogen (secondary N) is 1. The van der Waals surface area contributed by atoms with E-state index in [9.17, 15) is 23.7 Å². The molecule has 0 spiro atoms. The lowest BCUT2D eigenvalue weighted by atomic mass is 10.3. The Bertz CT molecular complexity index is 1320. The minimum atomic E-state index is -3.85. The molecule has 2 aromatic heterocycles. The van der Waals surface area contributed by atoms with Gasteiger partial charge in [-0.3, -0.25) is 13.9 Å². The first-order valence-corrected chi connectivity index (χ1v) is 15.1. The molecule has 19 heteroatoms. The summed E-state index contributed by atoms with van der Waals surface area (Å²) in [7, 11) is -3.85. The van der Waals surface area contributed by atoms with Crippen LogP contribution in [0.4, 0.5) is 10.6 Å². The van der Waals surface area contributed by atoms with Gasteiger partial charge in [0, 0.05) is 12.2 Å². The summed E-state index contributed by atoms with van der Waals surface area (Å²) < 4.78 is 41.3. The SMILES string of the molecule is CCC(C)OC(=O)[C@H](C)NP(=O)(CO[C@H](C)Cn1cnc2c(N)ncnc21)OCOC(=O)OC(C)C.O=C(O)/C=C/C(=O)O. The van der Waals surface area contributed by atoms with Crippen LogP contribution in [0.5, 0.6) is 0 Å². The Balaban J connectivity index is 0.00000106. The van der Waals surface area contributed by atoms with Gasteiger partial charge in [-0.05, 0) is 41.0 Å². The minimum absolute atomic E-state index is 0.253. The molecule has 2 aromatic rings. The van der Waals surface area contributed by atoms with Crippen molar-refractivity contribution >= 4 is 48.6 Å². The van der Waals surface area contributed by atoms with Crippen molar-refractivity contribution in [2.24, 2.45) is 0 Å². The number of hydrogen-bond donors (Lipinski definition) is 4. The normalized spacial score (nSPS) is 14.6. The van der Waals surface area contributed by atoms with Crippen LogP contribution in [0.15, 0.2) is 24.8 Å². The molecule has 0 saturated carbocycles. The number of imidazole rings is 1. The van der Waals surface area contributed by atoms with Crippen molar-refractivity contribution in [3.05, 3.63) is 24.8 Å². The average molecular weight is 647 g/mol. The molecular weight excluding hydrogens is 607 g/mol. The van der Waals surface area contributed by atoms with Gasteiger partial charge in [0.2, 0.25) is 6.79 Å². The van der Waals surface area contributed by atoms with Gasteiger partial charge in [-0.2, -0.15) is 0 Å². The van der Waals surface area contributed by atoms with Crippen molar-refractivity contribution in [2.45, 2.75) is 78.9 Å². The highest BCUT2D eigenvalue weighted by Crippen LogP contribution is 2.43. The molecule has 5 N–H and O–H groups in total. The first-order chi connectivity index (χ1) is 20.6. The fourth-order valence-electron chi connectivity index (χ4n) is 2.96. The van der Waals surface area contributed by atoms with Crippen molar-refractivity contribution in [3.63, 3.8) is 0 Å². The second-order valence-corrected chi connectivity index (χ2v) is 11.6. The Morgan fingerprint density at radius 1 is 1.02 bits per heavy atom. The van der Waals surface area contributed by atoms with Crippen LogP contribution in [0.3, 0.4) is 0 Å². The zero-order valence-corrected chi connectivity index (χ0v) is 26.1. The van der Waals surface area contributed by atoms with E-state index in [2.05, 4.69) is 20.0 Å². The summed E-state index contributed by atoms with van der Waals surface area (Å²) in [6.45, 7) is 9.78. The van der Waals surface area contributed by atoms with Crippen molar-refractivity contribution < 1.29 is 57.4 Å². The Morgan fingerprint density at radius 3 is 2.23 bits per heavy atom. The van der Waals surface area contributed by atoms with Crippen LogP contribution in [-0.2, 0) is 49.0 Å². The van der Waals surface area contributed by atoms with Crippen LogP contribution in [0, 0.1) is 0 Å². The summed E-state index contributed by atoms with van der Waals surface area (Å²) in [6.07, 6.45) is 2.01. The number of fused-ring (bicyclic) bond motifs is 1. The topological polar surface area (TPSA) is 254 Å². The molecule has 4 atom stereocenters. The Labute approximate surface area is 253 Å². The number of rotatable bonds is 16. The van der Waals surface area contributed by atoms with E-state index >= 15 is 0 Å². The van der Waals surface area contributed by atoms with Crippen LogP contribution in [0.25, 0.3) is 11.2 Å². The number of esters is 1. The van der Waals surface area contributed by atoms with E-state index in [1.165, 1.54) is 13.3 Å².